The summed E-state index contributed by atoms with van der Waals surface area (Å²) in [5.74, 6) is -0.900. The van der Waals surface area contributed by atoms with E-state index >= 15 is 0 Å². The molecule has 5 nitrogen and oxygen atoms in total. The van der Waals surface area contributed by atoms with Crippen LogP contribution in [0, 0.1) is 0 Å². The van der Waals surface area contributed by atoms with Gasteiger partial charge in [-0.2, -0.15) is 11.8 Å². The van der Waals surface area contributed by atoms with Crippen LogP contribution in [-0.4, -0.2) is 39.0 Å². The summed E-state index contributed by atoms with van der Waals surface area (Å²) in [5.41, 5.74) is 4.10. The first-order chi connectivity index (χ1) is 10.4. The average molecular weight is 325 g/mol. The zero-order valence-corrected chi connectivity index (χ0v) is 13.5. The maximum absolute atomic E-state index is 12.4. The van der Waals surface area contributed by atoms with E-state index < -0.39 is 23.4 Å². The Kier molecular flexibility index (Phi) is 7.58. The molecular formula is C16H23NO4S. The van der Waals surface area contributed by atoms with Crippen molar-refractivity contribution in [1.82, 2.24) is 0 Å². The molecule has 0 aliphatic carbocycles. The second-order valence-corrected chi connectivity index (χ2v) is 6.39. The molecule has 4 N–H and O–H groups in total. The third kappa shape index (κ3) is 4.83. The number of hydrogen-bond donors (Lipinski definition) is 3. The third-order valence-corrected chi connectivity index (χ3v) is 4.54. The number of carboxylic acids is 1. The van der Waals surface area contributed by atoms with Gasteiger partial charge in [0.1, 0.15) is 6.10 Å². The van der Waals surface area contributed by atoms with E-state index in [1.165, 1.54) is 0 Å². The van der Waals surface area contributed by atoms with Crippen molar-refractivity contribution < 1.29 is 19.8 Å². The minimum absolute atomic E-state index is 0.000554. The van der Waals surface area contributed by atoms with E-state index in [4.69, 9.17) is 5.73 Å². The molecule has 0 aromatic heterocycles. The summed E-state index contributed by atoms with van der Waals surface area (Å²) < 4.78 is 0. The van der Waals surface area contributed by atoms with Gasteiger partial charge in [0.05, 0.1) is 0 Å². The van der Waals surface area contributed by atoms with Crippen LogP contribution >= 0.6 is 11.8 Å². The van der Waals surface area contributed by atoms with Crippen molar-refractivity contribution in [2.75, 3.05) is 11.5 Å². The second kappa shape index (κ2) is 8.92. The monoisotopic (exact) mass is 325 g/mol. The number of aliphatic hydroxyl groups excluding tert-OH is 1. The summed E-state index contributed by atoms with van der Waals surface area (Å²) in [6.45, 7) is 2.07. The quantitative estimate of drug-likeness (QED) is 0.449. The molecule has 1 rings (SSSR count). The molecule has 1 aromatic carbocycles. The van der Waals surface area contributed by atoms with Crippen LogP contribution in [0.1, 0.15) is 37.9 Å². The minimum Gasteiger partial charge on any atom is -0.480 e. The molecule has 0 spiro atoms. The lowest BCUT2D eigenvalue weighted by Gasteiger charge is -2.25. The van der Waals surface area contributed by atoms with Crippen molar-refractivity contribution in [2.24, 2.45) is 5.73 Å². The molecule has 6 heteroatoms. The second-order valence-electron chi connectivity index (χ2n) is 5.17. The van der Waals surface area contributed by atoms with Gasteiger partial charge in [-0.3, -0.25) is 4.79 Å². The zero-order valence-electron chi connectivity index (χ0n) is 12.7. The van der Waals surface area contributed by atoms with Gasteiger partial charge in [-0.15, -0.1) is 0 Å². The Morgan fingerprint density at radius 3 is 2.45 bits per heavy atom. The number of aliphatic carboxylic acids is 1. The Hall–Kier alpha value is -1.37. The number of carbonyl (C=O) groups is 2. The normalized spacial score (nSPS) is 15.0. The summed E-state index contributed by atoms with van der Waals surface area (Å²) in [7, 11) is 0. The fourth-order valence-electron chi connectivity index (χ4n) is 1.95. The number of nitrogens with two attached hydrogens (primary N) is 1. The first kappa shape index (κ1) is 18.7. The first-order valence-electron chi connectivity index (χ1n) is 7.30. The fraction of sp³-hybridized carbons (Fsp3) is 0.500. The molecule has 122 valence electrons. The molecule has 2 unspecified atom stereocenters. The molecule has 2 atom stereocenters. The van der Waals surface area contributed by atoms with E-state index in [1.807, 2.05) is 0 Å². The topological polar surface area (TPSA) is 101 Å². The van der Waals surface area contributed by atoms with Crippen molar-refractivity contribution in [3.63, 3.8) is 0 Å². The Labute approximate surface area is 134 Å². The summed E-state index contributed by atoms with van der Waals surface area (Å²) in [5, 5.41) is 19.4. The maximum atomic E-state index is 12.4. The lowest BCUT2D eigenvalue weighted by Crippen LogP contribution is -2.57. The van der Waals surface area contributed by atoms with Crippen LogP contribution in [0.3, 0.4) is 0 Å². The van der Waals surface area contributed by atoms with E-state index in [-0.39, 0.29) is 6.42 Å². The Morgan fingerprint density at radius 2 is 1.91 bits per heavy atom. The van der Waals surface area contributed by atoms with Crippen LogP contribution in [-0.2, 0) is 9.59 Å². The number of carboxylic acid groups (broad SMARTS) is 1. The van der Waals surface area contributed by atoms with E-state index in [0.29, 0.717) is 11.3 Å². The summed E-state index contributed by atoms with van der Waals surface area (Å²) in [6, 6.07) is 8.23. The van der Waals surface area contributed by atoms with E-state index in [9.17, 15) is 19.8 Å². The fourth-order valence-corrected chi connectivity index (χ4v) is 3.11. The lowest BCUT2D eigenvalue weighted by molar-refractivity contribution is -0.151. The van der Waals surface area contributed by atoms with Gasteiger partial charge in [-0.05, 0) is 29.9 Å². The maximum Gasteiger partial charge on any atom is 0.331 e. The van der Waals surface area contributed by atoms with Crippen molar-refractivity contribution in [1.29, 1.82) is 0 Å². The van der Waals surface area contributed by atoms with Crippen LogP contribution < -0.4 is 5.73 Å². The summed E-state index contributed by atoms with van der Waals surface area (Å²) in [6.07, 6.45) is 0.573. The number of thioether (sulfide) groups is 1. The van der Waals surface area contributed by atoms with Gasteiger partial charge in [-0.1, -0.05) is 43.7 Å². The van der Waals surface area contributed by atoms with Gasteiger partial charge in [0, 0.05) is 0 Å². The molecular weight excluding hydrogens is 302 g/mol. The van der Waals surface area contributed by atoms with Crippen LogP contribution in [0.15, 0.2) is 30.3 Å². The number of ketones is 1. The summed E-state index contributed by atoms with van der Waals surface area (Å²) >= 11 is 1.57. The molecule has 0 aliphatic heterocycles. The van der Waals surface area contributed by atoms with E-state index in [2.05, 4.69) is 6.92 Å². The van der Waals surface area contributed by atoms with E-state index in [1.54, 1.807) is 42.1 Å². The van der Waals surface area contributed by atoms with Gasteiger partial charge in [0.2, 0.25) is 0 Å². The van der Waals surface area contributed by atoms with Crippen molar-refractivity contribution in [3.05, 3.63) is 35.9 Å². The zero-order chi connectivity index (χ0) is 16.6. The number of aliphatic hydroxyl groups is 1. The largest absolute Gasteiger partial charge is 0.480 e. The molecule has 0 heterocycles. The van der Waals surface area contributed by atoms with Crippen LogP contribution in [0.5, 0.6) is 0 Å². The number of rotatable bonds is 10. The van der Waals surface area contributed by atoms with Crippen molar-refractivity contribution in [3.8, 4) is 0 Å². The first-order valence-corrected chi connectivity index (χ1v) is 8.46. The number of benzene rings is 1. The van der Waals surface area contributed by atoms with Crippen molar-refractivity contribution >= 4 is 23.5 Å². The third-order valence-electron chi connectivity index (χ3n) is 3.47. The smallest absolute Gasteiger partial charge is 0.331 e. The Morgan fingerprint density at radius 1 is 1.27 bits per heavy atom. The molecule has 0 radical (unpaired) electrons. The lowest BCUT2D eigenvalue weighted by atomic mass is 9.86. The highest BCUT2D eigenvalue weighted by atomic mass is 32.2. The highest BCUT2D eigenvalue weighted by Crippen LogP contribution is 2.23. The van der Waals surface area contributed by atoms with Gasteiger partial charge in [0.25, 0.3) is 0 Å². The van der Waals surface area contributed by atoms with Gasteiger partial charge >= 0.3 is 5.97 Å². The standard InChI is InChI=1S/C16H23NO4S/c1-2-3-10-22-11-9-16(17,15(20)21)14(19)13(18)12-7-5-4-6-8-12/h4-8,13,18H,2-3,9-11,17H2,1H3,(H,20,21). The van der Waals surface area contributed by atoms with E-state index in [0.717, 1.165) is 18.6 Å². The Balaban J connectivity index is 2.76. The predicted molar refractivity (Wildman–Crippen MR) is 87.8 cm³/mol. The highest BCUT2D eigenvalue weighted by molar-refractivity contribution is 7.99. The SMILES string of the molecule is CCCCSCCC(N)(C(=O)O)C(=O)C(O)c1ccccc1. The molecule has 0 fully saturated rings. The number of Topliss-reactive ketones (excluding diaryl/α,β-unsaturated/α-hetero) is 1. The average Bonchev–Trinajstić information content (AvgIpc) is 2.53. The van der Waals surface area contributed by atoms with Crippen LogP contribution in [0.4, 0.5) is 0 Å². The Bertz CT molecular complexity index is 494. The number of hydrogen-bond acceptors (Lipinski definition) is 5. The molecule has 0 bridgehead atoms. The van der Waals surface area contributed by atoms with Gasteiger partial charge in [-0.25, -0.2) is 4.79 Å². The van der Waals surface area contributed by atoms with Crippen LogP contribution in [0.25, 0.3) is 0 Å². The molecule has 22 heavy (non-hydrogen) atoms. The molecule has 0 aliphatic rings. The number of carbonyl (C=O) groups excluding carboxylic acids is 1. The molecule has 0 saturated carbocycles. The van der Waals surface area contributed by atoms with Gasteiger partial charge < -0.3 is 15.9 Å². The molecule has 1 aromatic rings. The molecule has 0 amide bonds. The predicted octanol–water partition coefficient (Wildman–Crippen LogP) is 1.99. The van der Waals surface area contributed by atoms with Gasteiger partial charge in [0.15, 0.2) is 11.3 Å². The number of unbranched alkanes of at least 4 members (excludes halogenated alkanes) is 1. The summed E-state index contributed by atoms with van der Waals surface area (Å²) in [4.78, 5) is 23.8. The minimum atomic E-state index is -2.06. The van der Waals surface area contributed by atoms with Crippen molar-refractivity contribution in [2.45, 2.75) is 37.8 Å². The van der Waals surface area contributed by atoms with Crippen LogP contribution in [0.2, 0.25) is 0 Å². The highest BCUT2D eigenvalue weighted by Gasteiger charge is 2.44. The molecule has 0 saturated heterocycles.